The van der Waals surface area contributed by atoms with Gasteiger partial charge < -0.3 is 24.3 Å². The number of pyridine rings is 1. The molecule has 1 aromatic heterocycles. The predicted octanol–water partition coefficient (Wildman–Crippen LogP) is 2.49. The first kappa shape index (κ1) is 23.0. The second kappa shape index (κ2) is 12.3. The molecule has 1 aliphatic heterocycles. The van der Waals surface area contributed by atoms with Crippen molar-refractivity contribution in [1.82, 2.24) is 14.8 Å². The van der Waals surface area contributed by atoms with Crippen LogP contribution in [0.5, 0.6) is 0 Å². The number of guanidine groups is 1. The summed E-state index contributed by atoms with van der Waals surface area (Å²) in [4.78, 5) is 18.6. The van der Waals surface area contributed by atoms with Gasteiger partial charge in [0.15, 0.2) is 5.96 Å². The van der Waals surface area contributed by atoms with Crippen molar-refractivity contribution in [2.24, 2.45) is 4.99 Å². The Balaban J connectivity index is 1.43. The summed E-state index contributed by atoms with van der Waals surface area (Å²) >= 11 is 0. The average molecular weight is 427 g/mol. The third-order valence-electron chi connectivity index (χ3n) is 5.53. The van der Waals surface area contributed by atoms with Gasteiger partial charge in [0.1, 0.15) is 0 Å². The van der Waals surface area contributed by atoms with Crippen LogP contribution in [0.3, 0.4) is 0 Å². The molecule has 0 spiro atoms. The van der Waals surface area contributed by atoms with Gasteiger partial charge in [0.25, 0.3) is 5.56 Å². The van der Waals surface area contributed by atoms with Crippen LogP contribution in [-0.2, 0) is 22.6 Å². The van der Waals surface area contributed by atoms with Gasteiger partial charge in [0, 0.05) is 59.3 Å². The smallest absolute Gasteiger partial charge is 0.250 e. The Morgan fingerprint density at radius 1 is 1.10 bits per heavy atom. The SMILES string of the molecule is CN=C(NCc1ccc(Cn2ccccc2=O)cc1)N1CCC(OCCCOC)CC1. The number of rotatable bonds is 9. The third-order valence-corrected chi connectivity index (χ3v) is 5.53. The summed E-state index contributed by atoms with van der Waals surface area (Å²) in [7, 11) is 3.55. The van der Waals surface area contributed by atoms with E-state index in [9.17, 15) is 4.79 Å². The van der Waals surface area contributed by atoms with E-state index in [0.717, 1.165) is 57.1 Å². The zero-order valence-electron chi connectivity index (χ0n) is 18.6. The molecular weight excluding hydrogens is 392 g/mol. The topological polar surface area (TPSA) is 68.1 Å². The number of piperidine rings is 1. The Bertz CT molecular complexity index is 871. The van der Waals surface area contributed by atoms with Crippen LogP contribution in [0.15, 0.2) is 58.4 Å². The van der Waals surface area contributed by atoms with Gasteiger partial charge in [-0.05, 0) is 36.5 Å². The van der Waals surface area contributed by atoms with Crippen LogP contribution in [-0.4, -0.2) is 62.0 Å². The molecule has 2 heterocycles. The molecule has 3 rings (SSSR count). The molecule has 0 saturated carbocycles. The first-order valence-corrected chi connectivity index (χ1v) is 11.0. The minimum absolute atomic E-state index is 0.0150. The lowest BCUT2D eigenvalue weighted by Crippen LogP contribution is -2.46. The average Bonchev–Trinajstić information content (AvgIpc) is 2.80. The molecule has 1 saturated heterocycles. The van der Waals surface area contributed by atoms with Crippen molar-refractivity contribution >= 4 is 5.96 Å². The fraction of sp³-hybridized carbons (Fsp3) is 0.500. The van der Waals surface area contributed by atoms with Crippen LogP contribution >= 0.6 is 0 Å². The van der Waals surface area contributed by atoms with Gasteiger partial charge in [-0.1, -0.05) is 30.3 Å². The van der Waals surface area contributed by atoms with Crippen LogP contribution in [0.1, 0.15) is 30.4 Å². The van der Waals surface area contributed by atoms with Crippen molar-refractivity contribution < 1.29 is 9.47 Å². The summed E-state index contributed by atoms with van der Waals surface area (Å²) in [6, 6.07) is 13.6. The molecule has 0 amide bonds. The van der Waals surface area contributed by atoms with E-state index in [1.807, 2.05) is 19.3 Å². The number of benzene rings is 1. The maximum atomic E-state index is 11.9. The molecular formula is C24H34N4O3. The van der Waals surface area contributed by atoms with Gasteiger partial charge in [-0.15, -0.1) is 0 Å². The summed E-state index contributed by atoms with van der Waals surface area (Å²) in [5.41, 5.74) is 2.30. The number of nitrogens with zero attached hydrogens (tertiary/aromatic N) is 3. The van der Waals surface area contributed by atoms with E-state index in [1.165, 1.54) is 5.56 Å². The van der Waals surface area contributed by atoms with Crippen LogP contribution in [0.2, 0.25) is 0 Å². The van der Waals surface area contributed by atoms with E-state index in [2.05, 4.69) is 39.5 Å². The number of aliphatic imine (C=N–C) groups is 1. The molecule has 0 radical (unpaired) electrons. The first-order chi connectivity index (χ1) is 15.2. The molecule has 7 nitrogen and oxygen atoms in total. The quantitative estimate of drug-likeness (QED) is 0.379. The zero-order chi connectivity index (χ0) is 21.9. The normalized spacial score (nSPS) is 15.3. The minimum Gasteiger partial charge on any atom is -0.385 e. The van der Waals surface area contributed by atoms with Crippen molar-refractivity contribution in [3.05, 3.63) is 70.1 Å². The summed E-state index contributed by atoms with van der Waals surface area (Å²) in [5.74, 6) is 0.928. The highest BCUT2D eigenvalue weighted by atomic mass is 16.5. The Morgan fingerprint density at radius 2 is 1.84 bits per heavy atom. The second-order valence-electron chi connectivity index (χ2n) is 7.79. The lowest BCUT2D eigenvalue weighted by atomic mass is 10.1. The number of hydrogen-bond donors (Lipinski definition) is 1. The van der Waals surface area contributed by atoms with E-state index >= 15 is 0 Å². The van der Waals surface area contributed by atoms with Crippen LogP contribution in [0.25, 0.3) is 0 Å². The van der Waals surface area contributed by atoms with Crippen molar-refractivity contribution in [1.29, 1.82) is 0 Å². The van der Waals surface area contributed by atoms with Gasteiger partial charge in [0.05, 0.1) is 12.6 Å². The van der Waals surface area contributed by atoms with Crippen LogP contribution in [0, 0.1) is 0 Å². The molecule has 1 fully saturated rings. The lowest BCUT2D eigenvalue weighted by Gasteiger charge is -2.34. The van der Waals surface area contributed by atoms with Crippen molar-refractivity contribution in [3.8, 4) is 0 Å². The largest absolute Gasteiger partial charge is 0.385 e. The van der Waals surface area contributed by atoms with Crippen molar-refractivity contribution in [2.45, 2.75) is 38.5 Å². The fourth-order valence-electron chi connectivity index (χ4n) is 3.75. The maximum Gasteiger partial charge on any atom is 0.250 e. The summed E-state index contributed by atoms with van der Waals surface area (Å²) < 4.78 is 12.7. The van der Waals surface area contributed by atoms with E-state index in [0.29, 0.717) is 19.2 Å². The fourth-order valence-corrected chi connectivity index (χ4v) is 3.75. The van der Waals surface area contributed by atoms with E-state index in [-0.39, 0.29) is 5.56 Å². The molecule has 31 heavy (non-hydrogen) atoms. The highest BCUT2D eigenvalue weighted by Gasteiger charge is 2.21. The summed E-state index contributed by atoms with van der Waals surface area (Å²) in [6.07, 6.45) is 5.12. The Labute approximate surface area is 184 Å². The molecule has 168 valence electrons. The Kier molecular flexibility index (Phi) is 9.12. The second-order valence-corrected chi connectivity index (χ2v) is 7.79. The van der Waals surface area contributed by atoms with Crippen molar-refractivity contribution in [3.63, 3.8) is 0 Å². The molecule has 0 unspecified atom stereocenters. The van der Waals surface area contributed by atoms with Gasteiger partial charge in [0.2, 0.25) is 0 Å². The molecule has 7 heteroatoms. The van der Waals surface area contributed by atoms with Crippen LogP contribution < -0.4 is 10.9 Å². The molecule has 2 aromatic rings. The molecule has 1 aromatic carbocycles. The van der Waals surface area contributed by atoms with Gasteiger partial charge in [-0.25, -0.2) is 0 Å². The standard InChI is InChI=1S/C24H34N4O3/c1-25-24(27-14-11-22(12-15-27)31-17-5-16-30-2)26-18-20-7-9-21(10-8-20)19-28-13-4-3-6-23(28)29/h3-4,6-10,13,22H,5,11-12,14-19H2,1-2H3,(H,25,26). The molecule has 0 atom stereocenters. The van der Waals surface area contributed by atoms with Gasteiger partial charge in [-0.2, -0.15) is 0 Å². The Morgan fingerprint density at radius 3 is 2.52 bits per heavy atom. The van der Waals surface area contributed by atoms with Gasteiger partial charge in [-0.3, -0.25) is 9.79 Å². The number of hydrogen-bond acceptors (Lipinski definition) is 4. The lowest BCUT2D eigenvalue weighted by molar-refractivity contribution is 0.00989. The number of aromatic nitrogens is 1. The predicted molar refractivity (Wildman–Crippen MR) is 123 cm³/mol. The molecule has 1 aliphatic rings. The number of methoxy groups -OCH3 is 1. The molecule has 0 aliphatic carbocycles. The first-order valence-electron chi connectivity index (χ1n) is 11.0. The summed E-state index contributed by atoms with van der Waals surface area (Å²) in [6.45, 7) is 4.70. The minimum atomic E-state index is 0.0150. The third kappa shape index (κ3) is 7.22. The Hall–Kier alpha value is -2.64. The van der Waals surface area contributed by atoms with Gasteiger partial charge >= 0.3 is 0 Å². The van der Waals surface area contributed by atoms with E-state index < -0.39 is 0 Å². The highest BCUT2D eigenvalue weighted by molar-refractivity contribution is 5.79. The monoisotopic (exact) mass is 426 g/mol. The van der Waals surface area contributed by atoms with Crippen LogP contribution in [0.4, 0.5) is 0 Å². The maximum absolute atomic E-state index is 11.9. The number of likely N-dealkylation sites (tertiary alicyclic amines) is 1. The van der Waals surface area contributed by atoms with Crippen molar-refractivity contribution in [2.75, 3.05) is 40.5 Å². The molecule has 1 N–H and O–H groups in total. The molecule has 0 bridgehead atoms. The zero-order valence-corrected chi connectivity index (χ0v) is 18.6. The summed E-state index contributed by atoms with van der Waals surface area (Å²) in [5, 5.41) is 3.47. The highest BCUT2D eigenvalue weighted by Crippen LogP contribution is 2.14. The van der Waals surface area contributed by atoms with E-state index in [4.69, 9.17) is 9.47 Å². The number of nitrogens with one attached hydrogen (secondary N) is 1. The number of ether oxygens (including phenoxy) is 2. The van der Waals surface area contributed by atoms with E-state index in [1.54, 1.807) is 23.8 Å².